The van der Waals surface area contributed by atoms with E-state index in [1.165, 1.54) is 6.92 Å². The molecule has 0 fully saturated rings. The molecule has 0 unspecified atom stereocenters. The van der Waals surface area contributed by atoms with E-state index in [0.717, 1.165) is 0 Å². The highest BCUT2D eigenvalue weighted by Crippen LogP contribution is 2.00. The first-order valence-electron chi connectivity index (χ1n) is 4.55. The minimum Gasteiger partial charge on any atom is -0.462 e. The maximum Gasteiger partial charge on any atom is 0.338 e. The van der Waals surface area contributed by atoms with Crippen molar-refractivity contribution < 1.29 is 19.1 Å². The van der Waals surface area contributed by atoms with E-state index in [2.05, 4.69) is 4.74 Å². The Balaban J connectivity index is 2.28. The number of esters is 2. The summed E-state index contributed by atoms with van der Waals surface area (Å²) in [7, 11) is 0. The number of carbonyl (C=O) groups is 2. The van der Waals surface area contributed by atoms with Crippen molar-refractivity contribution in [2.24, 2.45) is 0 Å². The van der Waals surface area contributed by atoms with E-state index in [9.17, 15) is 9.59 Å². The summed E-state index contributed by atoms with van der Waals surface area (Å²) in [6.45, 7) is 1.47. The van der Waals surface area contributed by atoms with E-state index in [1.54, 1.807) is 24.3 Å². The minimum absolute atomic E-state index is 0.0767. The minimum atomic E-state index is -0.414. The lowest BCUT2D eigenvalue weighted by atomic mass is 10.2. The van der Waals surface area contributed by atoms with Gasteiger partial charge >= 0.3 is 11.9 Å². The van der Waals surface area contributed by atoms with Gasteiger partial charge in [-0.2, -0.15) is 0 Å². The number of ether oxygens (including phenoxy) is 2. The van der Waals surface area contributed by atoms with Gasteiger partial charge in [0.2, 0.25) is 0 Å². The quantitative estimate of drug-likeness (QED) is 0.554. The van der Waals surface area contributed by atoms with Crippen LogP contribution in [0.15, 0.2) is 30.3 Å². The summed E-state index contributed by atoms with van der Waals surface area (Å²) < 4.78 is 9.47. The van der Waals surface area contributed by atoms with E-state index in [-0.39, 0.29) is 19.2 Å². The molecule has 0 bridgehead atoms. The van der Waals surface area contributed by atoms with Gasteiger partial charge in [-0.05, 0) is 12.1 Å². The van der Waals surface area contributed by atoms with Crippen LogP contribution in [0.5, 0.6) is 0 Å². The normalized spacial score (nSPS) is 9.40. The Hall–Kier alpha value is -1.84. The van der Waals surface area contributed by atoms with Gasteiger partial charge in [0.1, 0.15) is 13.2 Å². The van der Waals surface area contributed by atoms with Crippen LogP contribution in [0.3, 0.4) is 0 Å². The third-order valence-electron chi connectivity index (χ3n) is 1.63. The standard InChI is InChI=1S/C11H12O4/c1-9(12)14-7-8-15-11(13)10-5-3-2-4-6-10/h2-6H,7-8H2,1H3. The van der Waals surface area contributed by atoms with Gasteiger partial charge in [0.05, 0.1) is 5.56 Å². The molecule has 4 heteroatoms. The molecule has 0 aliphatic carbocycles. The van der Waals surface area contributed by atoms with Crippen LogP contribution in [0.25, 0.3) is 0 Å². The molecule has 0 atom stereocenters. The number of carbonyl (C=O) groups excluding carboxylic acids is 2. The van der Waals surface area contributed by atoms with Crippen LogP contribution in [0.2, 0.25) is 0 Å². The molecule has 1 rings (SSSR count). The molecule has 0 aliphatic heterocycles. The first-order valence-corrected chi connectivity index (χ1v) is 4.55. The Morgan fingerprint density at radius 1 is 1.07 bits per heavy atom. The lowest BCUT2D eigenvalue weighted by Gasteiger charge is -2.04. The zero-order valence-electron chi connectivity index (χ0n) is 8.43. The summed E-state index contributed by atoms with van der Waals surface area (Å²) in [6.07, 6.45) is 0. The highest BCUT2D eigenvalue weighted by molar-refractivity contribution is 5.89. The van der Waals surface area contributed by atoms with Crippen molar-refractivity contribution in [1.82, 2.24) is 0 Å². The lowest BCUT2D eigenvalue weighted by Crippen LogP contribution is -2.12. The maximum absolute atomic E-state index is 11.3. The molecule has 0 amide bonds. The first-order chi connectivity index (χ1) is 7.20. The van der Waals surface area contributed by atoms with Gasteiger partial charge in [0.25, 0.3) is 0 Å². The summed E-state index contributed by atoms with van der Waals surface area (Å²) in [5, 5.41) is 0. The molecule has 1 aromatic rings. The molecular weight excluding hydrogens is 196 g/mol. The Morgan fingerprint density at radius 3 is 2.27 bits per heavy atom. The molecule has 0 radical (unpaired) electrons. The van der Waals surface area contributed by atoms with Gasteiger partial charge in [-0.15, -0.1) is 0 Å². The van der Waals surface area contributed by atoms with Gasteiger partial charge in [0, 0.05) is 6.92 Å². The third-order valence-corrected chi connectivity index (χ3v) is 1.63. The van der Waals surface area contributed by atoms with Crippen LogP contribution in [0, 0.1) is 0 Å². The van der Waals surface area contributed by atoms with Crippen molar-refractivity contribution >= 4 is 11.9 Å². The van der Waals surface area contributed by atoms with Crippen molar-refractivity contribution in [2.75, 3.05) is 13.2 Å². The van der Waals surface area contributed by atoms with Crippen LogP contribution < -0.4 is 0 Å². The Morgan fingerprint density at radius 2 is 1.67 bits per heavy atom. The Kier molecular flexibility index (Phi) is 4.34. The first kappa shape index (κ1) is 11.2. The number of hydrogen-bond donors (Lipinski definition) is 0. The fourth-order valence-electron chi connectivity index (χ4n) is 0.977. The molecule has 0 heterocycles. The van der Waals surface area contributed by atoms with Crippen LogP contribution in [0.1, 0.15) is 17.3 Å². The summed E-state index contributed by atoms with van der Waals surface area (Å²) in [5.74, 6) is -0.798. The monoisotopic (exact) mass is 208 g/mol. The van der Waals surface area contributed by atoms with E-state index < -0.39 is 5.97 Å². The summed E-state index contributed by atoms with van der Waals surface area (Å²) in [5.41, 5.74) is 0.486. The van der Waals surface area contributed by atoms with Gasteiger partial charge in [-0.25, -0.2) is 4.79 Å². The predicted octanol–water partition coefficient (Wildman–Crippen LogP) is 1.41. The predicted molar refractivity (Wildman–Crippen MR) is 53.4 cm³/mol. The van der Waals surface area contributed by atoms with E-state index in [1.807, 2.05) is 6.07 Å². The molecule has 0 aliphatic rings. The molecule has 0 aromatic heterocycles. The number of rotatable bonds is 4. The number of hydrogen-bond acceptors (Lipinski definition) is 4. The summed E-state index contributed by atoms with van der Waals surface area (Å²) in [6, 6.07) is 8.64. The fraction of sp³-hybridized carbons (Fsp3) is 0.273. The molecule has 80 valence electrons. The SMILES string of the molecule is CC(=O)OCCOC(=O)c1ccccc1. The van der Waals surface area contributed by atoms with Crippen molar-refractivity contribution in [2.45, 2.75) is 6.92 Å². The van der Waals surface area contributed by atoms with Gasteiger partial charge in [-0.3, -0.25) is 4.79 Å². The molecule has 0 saturated heterocycles. The second-order valence-corrected chi connectivity index (χ2v) is 2.84. The van der Waals surface area contributed by atoms with E-state index in [4.69, 9.17) is 4.74 Å². The van der Waals surface area contributed by atoms with Crippen LogP contribution in [0.4, 0.5) is 0 Å². The van der Waals surface area contributed by atoms with Gasteiger partial charge in [0.15, 0.2) is 0 Å². The van der Waals surface area contributed by atoms with Crippen LogP contribution in [-0.4, -0.2) is 25.2 Å². The van der Waals surface area contributed by atoms with Crippen molar-refractivity contribution in [3.05, 3.63) is 35.9 Å². The van der Waals surface area contributed by atoms with Crippen LogP contribution in [-0.2, 0) is 14.3 Å². The second kappa shape index (κ2) is 5.80. The molecule has 15 heavy (non-hydrogen) atoms. The highest BCUT2D eigenvalue weighted by atomic mass is 16.6. The summed E-state index contributed by atoms with van der Waals surface area (Å²) in [4.78, 5) is 21.7. The van der Waals surface area contributed by atoms with Crippen molar-refractivity contribution in [3.8, 4) is 0 Å². The molecule has 1 aromatic carbocycles. The molecule has 0 N–H and O–H groups in total. The van der Waals surface area contributed by atoms with E-state index in [0.29, 0.717) is 5.56 Å². The molecule has 0 saturated carbocycles. The summed E-state index contributed by atoms with van der Waals surface area (Å²) >= 11 is 0. The Labute approximate surface area is 87.8 Å². The lowest BCUT2D eigenvalue weighted by molar-refractivity contribution is -0.142. The number of benzene rings is 1. The van der Waals surface area contributed by atoms with Gasteiger partial charge in [-0.1, -0.05) is 18.2 Å². The maximum atomic E-state index is 11.3. The average Bonchev–Trinajstić information content (AvgIpc) is 2.25. The zero-order chi connectivity index (χ0) is 11.1. The van der Waals surface area contributed by atoms with E-state index >= 15 is 0 Å². The second-order valence-electron chi connectivity index (χ2n) is 2.84. The Bertz CT molecular complexity index is 332. The van der Waals surface area contributed by atoms with Crippen molar-refractivity contribution in [1.29, 1.82) is 0 Å². The highest BCUT2D eigenvalue weighted by Gasteiger charge is 2.05. The smallest absolute Gasteiger partial charge is 0.338 e. The molecule has 0 spiro atoms. The third kappa shape index (κ3) is 4.26. The molecule has 4 nitrogen and oxygen atoms in total. The van der Waals surface area contributed by atoms with Crippen molar-refractivity contribution in [3.63, 3.8) is 0 Å². The average molecular weight is 208 g/mol. The van der Waals surface area contributed by atoms with Gasteiger partial charge < -0.3 is 9.47 Å². The largest absolute Gasteiger partial charge is 0.462 e. The molecular formula is C11H12O4. The van der Waals surface area contributed by atoms with Crippen LogP contribution >= 0.6 is 0 Å². The topological polar surface area (TPSA) is 52.6 Å². The zero-order valence-corrected chi connectivity index (χ0v) is 8.43. The fourth-order valence-corrected chi connectivity index (χ4v) is 0.977.